The third kappa shape index (κ3) is 0.592. The van der Waals surface area contributed by atoms with Crippen molar-refractivity contribution in [1.82, 2.24) is 3.35 Å². The Hall–Kier alpha value is -0.0900. The molecule has 2 nitrogen and oxygen atoms in total. The first-order chi connectivity index (χ1) is 2.43. The van der Waals surface area contributed by atoms with Crippen molar-refractivity contribution in [3.8, 4) is 0 Å². The molecule has 28 valence electrons. The van der Waals surface area contributed by atoms with E-state index in [2.05, 4.69) is 0 Å². The zero-order chi connectivity index (χ0) is 3.70. The van der Waals surface area contributed by atoms with Crippen molar-refractivity contribution < 1.29 is 4.79 Å². The average molecular weight is 107 g/mol. The third-order valence-corrected chi connectivity index (χ3v) is 1.70. The van der Waals surface area contributed by atoms with E-state index in [1.54, 1.807) is 0 Å². The molecule has 0 aliphatic carbocycles. The summed E-state index contributed by atoms with van der Waals surface area (Å²) in [6.45, 7) is 0. The monoisotopic (exact) mass is 107 g/mol. The van der Waals surface area contributed by atoms with Crippen LogP contribution in [0.25, 0.3) is 0 Å². The predicted octanol–water partition coefficient (Wildman–Crippen LogP) is 0.649. The van der Waals surface area contributed by atoms with Crippen LogP contribution in [0.1, 0.15) is 0 Å². The fourth-order valence-corrected chi connectivity index (χ4v) is 0.489. The van der Waals surface area contributed by atoms with Crippen LogP contribution in [0.5, 0.6) is 0 Å². The van der Waals surface area contributed by atoms with Crippen LogP contribution in [0.4, 0.5) is 0 Å². The van der Waals surface area contributed by atoms with Crippen molar-refractivity contribution in [2.24, 2.45) is 0 Å². The Morgan fingerprint density at radius 3 is 2.20 bits per heavy atom. The number of hydrogen-bond acceptors (Lipinski definition) is 3. The summed E-state index contributed by atoms with van der Waals surface area (Å²) in [7, 11) is 2.90. The minimum absolute atomic E-state index is 0.787. The van der Waals surface area contributed by atoms with Crippen molar-refractivity contribution >= 4 is 27.5 Å². The SMILES string of the molecule is O=Cn1ss1. The Kier molecular flexibility index (Phi) is 0.590. The molecule has 4 heteroatoms. The zero-order valence-electron chi connectivity index (χ0n) is 2.25. The summed E-state index contributed by atoms with van der Waals surface area (Å²) >= 11 is 0. The van der Waals surface area contributed by atoms with Gasteiger partial charge in [0.1, 0.15) is 0 Å². The Morgan fingerprint density at radius 1 is 1.60 bits per heavy atom. The molecule has 0 fully saturated rings. The second kappa shape index (κ2) is 0.948. The molecule has 0 aliphatic rings. The number of rotatable bonds is 1. The van der Waals surface area contributed by atoms with E-state index < -0.39 is 0 Å². The lowest BCUT2D eigenvalue weighted by Crippen LogP contribution is -1.68. The molecule has 1 aromatic rings. The van der Waals surface area contributed by atoms with Gasteiger partial charge in [-0.15, -0.1) is 0 Å². The highest BCUT2D eigenvalue weighted by Gasteiger charge is 1.87. The highest BCUT2D eigenvalue weighted by Crippen LogP contribution is 2.12. The lowest BCUT2D eigenvalue weighted by molar-refractivity contribution is 0.554. The van der Waals surface area contributed by atoms with Crippen LogP contribution in [-0.2, 0) is 4.79 Å². The molecule has 1 heterocycles. The van der Waals surface area contributed by atoms with E-state index >= 15 is 0 Å². The second-order valence-corrected chi connectivity index (χ2v) is 2.75. The van der Waals surface area contributed by atoms with Gasteiger partial charge in [0, 0.05) is 21.1 Å². The van der Waals surface area contributed by atoms with E-state index in [4.69, 9.17) is 0 Å². The maximum atomic E-state index is 9.45. The molecule has 0 radical (unpaired) electrons. The lowest BCUT2D eigenvalue weighted by atomic mass is 11.5. The van der Waals surface area contributed by atoms with Crippen LogP contribution in [-0.4, -0.2) is 9.76 Å². The predicted molar refractivity (Wildman–Crippen MR) is 22.3 cm³/mol. The Balaban J connectivity index is 2.64. The van der Waals surface area contributed by atoms with Gasteiger partial charge in [-0.25, -0.2) is 0 Å². The minimum Gasteiger partial charge on any atom is -0.276 e. The number of hydrogen-bond donors (Lipinski definition) is 0. The summed E-state index contributed by atoms with van der Waals surface area (Å²) in [5, 5.41) is 0. The second-order valence-electron chi connectivity index (χ2n) is 0.540. The molecule has 1 rings (SSSR count). The first-order valence-corrected chi connectivity index (χ1v) is 3.09. The lowest BCUT2D eigenvalue weighted by Gasteiger charge is -1.49. The smallest absolute Gasteiger partial charge is 0.238 e. The van der Waals surface area contributed by atoms with E-state index in [-0.39, 0.29) is 0 Å². The molecule has 1 aromatic heterocycles. The summed E-state index contributed by atoms with van der Waals surface area (Å²) in [6, 6.07) is 0. The molecule has 0 saturated carbocycles. The zero-order valence-corrected chi connectivity index (χ0v) is 3.88. The van der Waals surface area contributed by atoms with Crippen molar-refractivity contribution in [2.45, 2.75) is 0 Å². The molecule has 0 amide bonds. The third-order valence-electron chi connectivity index (χ3n) is 0.247. The largest absolute Gasteiger partial charge is 0.276 e. The van der Waals surface area contributed by atoms with Gasteiger partial charge in [-0.2, -0.15) is 3.35 Å². The number of nitrogens with zero attached hydrogens (tertiary/aromatic N) is 1. The van der Waals surface area contributed by atoms with Gasteiger partial charge in [0.25, 0.3) is 0 Å². The Morgan fingerprint density at radius 2 is 2.20 bits per heavy atom. The van der Waals surface area contributed by atoms with Crippen LogP contribution in [0, 0.1) is 0 Å². The summed E-state index contributed by atoms with van der Waals surface area (Å²) in [5.41, 5.74) is 0. The maximum Gasteiger partial charge on any atom is 0.238 e. The first-order valence-electron chi connectivity index (χ1n) is 1.03. The molecule has 0 bridgehead atoms. The normalized spacial score (nSPS) is 8.80. The van der Waals surface area contributed by atoms with E-state index in [1.807, 2.05) is 0 Å². The molecule has 0 unspecified atom stereocenters. The van der Waals surface area contributed by atoms with Crippen LogP contribution < -0.4 is 0 Å². The van der Waals surface area contributed by atoms with E-state index in [0.717, 1.165) is 6.41 Å². The van der Waals surface area contributed by atoms with E-state index in [1.165, 1.54) is 24.4 Å². The highest BCUT2D eigenvalue weighted by molar-refractivity contribution is 7.76. The number of carbonyl (C=O) groups excluding carboxylic acids is 1. The molecule has 0 atom stereocenters. The van der Waals surface area contributed by atoms with E-state index in [9.17, 15) is 4.79 Å². The molecule has 0 saturated heterocycles. The first kappa shape index (κ1) is 3.11. The van der Waals surface area contributed by atoms with Gasteiger partial charge in [0.2, 0.25) is 6.41 Å². The summed E-state index contributed by atoms with van der Waals surface area (Å²) < 4.78 is 1.53. The minimum atomic E-state index is 0.787. The van der Waals surface area contributed by atoms with Gasteiger partial charge >= 0.3 is 0 Å². The van der Waals surface area contributed by atoms with Gasteiger partial charge < -0.3 is 0 Å². The standard InChI is InChI=1S/CHNOS2/c3-1-2-4-5-2/h1H. The summed E-state index contributed by atoms with van der Waals surface area (Å²) in [4.78, 5) is 9.45. The van der Waals surface area contributed by atoms with Gasteiger partial charge in [0.05, 0.1) is 0 Å². The molecule has 0 aromatic carbocycles. The Bertz CT molecular complexity index is 96.6. The summed E-state index contributed by atoms with van der Waals surface area (Å²) in [5.74, 6) is 0. The van der Waals surface area contributed by atoms with Gasteiger partial charge in [-0.3, -0.25) is 4.79 Å². The molecule has 0 spiro atoms. The van der Waals surface area contributed by atoms with Crippen LogP contribution >= 0.6 is 21.1 Å². The van der Waals surface area contributed by atoms with Gasteiger partial charge in [0.15, 0.2) is 0 Å². The molecular weight excluding hydrogens is 106 g/mol. The van der Waals surface area contributed by atoms with Crippen molar-refractivity contribution in [1.29, 1.82) is 0 Å². The number of aromatic nitrogens is 1. The van der Waals surface area contributed by atoms with Gasteiger partial charge in [-0.1, -0.05) is 0 Å². The van der Waals surface area contributed by atoms with Crippen molar-refractivity contribution in [3.63, 3.8) is 0 Å². The topological polar surface area (TPSA) is 22.0 Å². The van der Waals surface area contributed by atoms with Crippen molar-refractivity contribution in [2.75, 3.05) is 0 Å². The average Bonchev–Trinajstić information content (AvgIpc) is 2.12. The summed E-state index contributed by atoms with van der Waals surface area (Å²) in [6.07, 6.45) is 0.787. The van der Waals surface area contributed by atoms with Crippen LogP contribution in [0.15, 0.2) is 0 Å². The molecule has 0 aliphatic heterocycles. The van der Waals surface area contributed by atoms with Crippen LogP contribution in [0.2, 0.25) is 0 Å². The fourth-order valence-electron chi connectivity index (χ4n) is 0.0544. The fraction of sp³-hybridized carbons (Fsp3) is 0. The highest BCUT2D eigenvalue weighted by atomic mass is 33.0. The quantitative estimate of drug-likeness (QED) is 0.381. The molecular formula is CHNOS2. The van der Waals surface area contributed by atoms with Gasteiger partial charge in [-0.05, 0) is 0 Å². The van der Waals surface area contributed by atoms with Crippen molar-refractivity contribution in [3.05, 3.63) is 0 Å². The maximum absolute atomic E-state index is 9.45. The number of carbonyl (C=O) groups is 1. The molecule has 5 heavy (non-hydrogen) atoms. The molecule has 0 N–H and O–H groups in total. The Labute approximate surface area is 36.3 Å². The van der Waals surface area contributed by atoms with E-state index in [0.29, 0.717) is 0 Å². The van der Waals surface area contributed by atoms with Crippen LogP contribution in [0.3, 0.4) is 0 Å².